The first kappa shape index (κ1) is 13.6. The highest BCUT2D eigenvalue weighted by Crippen LogP contribution is 2.43. The van der Waals surface area contributed by atoms with Crippen LogP contribution in [-0.4, -0.2) is 18.1 Å². The summed E-state index contributed by atoms with van der Waals surface area (Å²) < 4.78 is 19.3. The van der Waals surface area contributed by atoms with Crippen LogP contribution >= 0.6 is 0 Å². The van der Waals surface area contributed by atoms with Crippen molar-refractivity contribution in [2.45, 2.75) is 12.5 Å². The predicted molar refractivity (Wildman–Crippen MR) is 78.4 cm³/mol. The quantitative estimate of drug-likeness (QED) is 0.890. The molecule has 1 aliphatic heterocycles. The highest BCUT2D eigenvalue weighted by molar-refractivity contribution is 6.00. The number of nitrogens with two attached hydrogens (primary N) is 1. The molecule has 0 radical (unpaired) electrons. The molecule has 0 aliphatic carbocycles. The summed E-state index contributed by atoms with van der Waals surface area (Å²) in [6, 6.07) is 9.55. The van der Waals surface area contributed by atoms with E-state index in [0.717, 1.165) is 5.56 Å². The van der Waals surface area contributed by atoms with E-state index in [1.54, 1.807) is 12.1 Å². The standard InChI is InChI=1S/C16H15FN2O2/c1-9-3-6-14-12(7-9)16(20,15(18)19-14)11-8-10(21-2)4-5-13(11)17/h3-8,20H,1-2H3,(H2,18,19). The maximum atomic E-state index is 14.2. The first-order chi connectivity index (χ1) is 9.96. The number of aliphatic hydroxyl groups is 1. The zero-order valence-electron chi connectivity index (χ0n) is 11.7. The Morgan fingerprint density at radius 2 is 1.95 bits per heavy atom. The van der Waals surface area contributed by atoms with E-state index in [2.05, 4.69) is 4.99 Å². The average Bonchev–Trinajstić information content (AvgIpc) is 2.72. The molecule has 1 unspecified atom stereocenters. The Kier molecular flexibility index (Phi) is 2.95. The highest BCUT2D eigenvalue weighted by atomic mass is 19.1. The molecule has 0 saturated heterocycles. The van der Waals surface area contributed by atoms with Crippen LogP contribution in [0.5, 0.6) is 5.75 Å². The summed E-state index contributed by atoms with van der Waals surface area (Å²) in [7, 11) is 1.48. The number of aliphatic imine (C=N–C) groups is 1. The number of methoxy groups -OCH3 is 1. The van der Waals surface area contributed by atoms with E-state index >= 15 is 0 Å². The number of rotatable bonds is 2. The van der Waals surface area contributed by atoms with Gasteiger partial charge in [-0.05, 0) is 31.2 Å². The van der Waals surface area contributed by atoms with Gasteiger partial charge in [0.15, 0.2) is 5.60 Å². The van der Waals surface area contributed by atoms with Gasteiger partial charge in [0.2, 0.25) is 0 Å². The molecule has 21 heavy (non-hydrogen) atoms. The smallest absolute Gasteiger partial charge is 0.177 e. The van der Waals surface area contributed by atoms with Crippen LogP contribution < -0.4 is 10.5 Å². The summed E-state index contributed by atoms with van der Waals surface area (Å²) in [5.74, 6) is -0.171. The van der Waals surface area contributed by atoms with Gasteiger partial charge in [0.25, 0.3) is 0 Å². The van der Waals surface area contributed by atoms with Crippen molar-refractivity contribution in [3.05, 3.63) is 58.9 Å². The van der Waals surface area contributed by atoms with Crippen LogP contribution in [0.4, 0.5) is 10.1 Å². The molecule has 0 saturated carbocycles. The summed E-state index contributed by atoms with van der Waals surface area (Å²) >= 11 is 0. The summed E-state index contributed by atoms with van der Waals surface area (Å²) in [4.78, 5) is 4.16. The van der Waals surface area contributed by atoms with E-state index in [1.165, 1.54) is 25.3 Å². The average molecular weight is 286 g/mol. The largest absolute Gasteiger partial charge is 0.497 e. The Hall–Kier alpha value is -2.40. The van der Waals surface area contributed by atoms with Crippen molar-refractivity contribution < 1.29 is 14.2 Å². The van der Waals surface area contributed by atoms with Crippen molar-refractivity contribution in [1.29, 1.82) is 0 Å². The maximum Gasteiger partial charge on any atom is 0.177 e. The molecule has 1 heterocycles. The van der Waals surface area contributed by atoms with Gasteiger partial charge >= 0.3 is 0 Å². The van der Waals surface area contributed by atoms with E-state index in [4.69, 9.17) is 10.5 Å². The molecule has 2 aromatic carbocycles. The SMILES string of the molecule is COc1ccc(F)c(C2(O)C(N)=Nc3ccc(C)cc32)c1. The first-order valence-electron chi connectivity index (χ1n) is 6.49. The summed E-state index contributed by atoms with van der Waals surface area (Å²) in [6.45, 7) is 1.89. The molecule has 1 atom stereocenters. The van der Waals surface area contributed by atoms with Crippen LogP contribution in [0.2, 0.25) is 0 Å². The minimum Gasteiger partial charge on any atom is -0.497 e. The van der Waals surface area contributed by atoms with Gasteiger partial charge in [-0.1, -0.05) is 17.7 Å². The molecule has 3 rings (SSSR count). The van der Waals surface area contributed by atoms with Gasteiger partial charge in [-0.3, -0.25) is 0 Å². The number of hydrogen-bond donors (Lipinski definition) is 2. The first-order valence-corrected chi connectivity index (χ1v) is 6.49. The van der Waals surface area contributed by atoms with Gasteiger partial charge in [-0.2, -0.15) is 0 Å². The molecule has 0 fully saturated rings. The fourth-order valence-electron chi connectivity index (χ4n) is 2.58. The lowest BCUT2D eigenvalue weighted by Gasteiger charge is -2.25. The molecule has 5 heteroatoms. The Morgan fingerprint density at radius 3 is 2.67 bits per heavy atom. The number of amidine groups is 1. The molecule has 0 aromatic heterocycles. The van der Waals surface area contributed by atoms with Crippen molar-refractivity contribution in [1.82, 2.24) is 0 Å². The number of benzene rings is 2. The van der Waals surface area contributed by atoms with Gasteiger partial charge in [0.1, 0.15) is 17.4 Å². The van der Waals surface area contributed by atoms with Crippen molar-refractivity contribution in [2.75, 3.05) is 7.11 Å². The van der Waals surface area contributed by atoms with E-state index in [0.29, 0.717) is 17.0 Å². The fourth-order valence-corrected chi connectivity index (χ4v) is 2.58. The molecule has 108 valence electrons. The molecule has 0 spiro atoms. The van der Waals surface area contributed by atoms with Gasteiger partial charge in [0.05, 0.1) is 12.8 Å². The number of ether oxygens (including phenoxy) is 1. The number of nitrogens with zero attached hydrogens (tertiary/aromatic N) is 1. The van der Waals surface area contributed by atoms with E-state index in [-0.39, 0.29) is 11.4 Å². The summed E-state index contributed by atoms with van der Waals surface area (Å²) in [5.41, 5.74) is 6.11. The topological polar surface area (TPSA) is 67.8 Å². The predicted octanol–water partition coefficient (Wildman–Crippen LogP) is 2.38. The van der Waals surface area contributed by atoms with E-state index < -0.39 is 11.4 Å². The van der Waals surface area contributed by atoms with Crippen LogP contribution in [0.25, 0.3) is 0 Å². The Labute approximate surface area is 121 Å². The second-order valence-corrected chi connectivity index (χ2v) is 5.07. The highest BCUT2D eigenvalue weighted by Gasteiger charge is 2.44. The number of halogens is 1. The second-order valence-electron chi connectivity index (χ2n) is 5.07. The van der Waals surface area contributed by atoms with Gasteiger partial charge in [0, 0.05) is 11.1 Å². The van der Waals surface area contributed by atoms with Gasteiger partial charge < -0.3 is 15.6 Å². The number of aryl methyl sites for hydroxylation is 1. The molecule has 1 aliphatic rings. The minimum absolute atomic E-state index is 0.0347. The molecule has 3 N–H and O–H groups in total. The zero-order chi connectivity index (χ0) is 15.2. The van der Waals surface area contributed by atoms with Crippen molar-refractivity contribution in [3.63, 3.8) is 0 Å². The minimum atomic E-state index is -1.78. The maximum absolute atomic E-state index is 14.2. The van der Waals surface area contributed by atoms with Crippen LogP contribution in [-0.2, 0) is 5.60 Å². The normalized spacial score (nSPS) is 20.1. The second kappa shape index (κ2) is 4.56. The Balaban J connectivity index is 2.27. The Bertz CT molecular complexity index is 758. The summed E-state index contributed by atoms with van der Waals surface area (Å²) in [6.07, 6.45) is 0. The Morgan fingerprint density at radius 1 is 1.19 bits per heavy atom. The number of hydrogen-bond acceptors (Lipinski definition) is 4. The zero-order valence-corrected chi connectivity index (χ0v) is 11.7. The van der Waals surface area contributed by atoms with Crippen LogP contribution in [0, 0.1) is 12.7 Å². The molecular formula is C16H15FN2O2. The molecule has 2 aromatic rings. The third-order valence-electron chi connectivity index (χ3n) is 3.72. The fraction of sp³-hybridized carbons (Fsp3) is 0.188. The molecular weight excluding hydrogens is 271 g/mol. The molecule has 0 amide bonds. The van der Waals surface area contributed by atoms with Crippen molar-refractivity contribution in [2.24, 2.45) is 10.7 Å². The lowest BCUT2D eigenvalue weighted by molar-refractivity contribution is 0.153. The van der Waals surface area contributed by atoms with Crippen molar-refractivity contribution >= 4 is 11.5 Å². The molecule has 0 bridgehead atoms. The number of fused-ring (bicyclic) bond motifs is 1. The third-order valence-corrected chi connectivity index (χ3v) is 3.72. The monoisotopic (exact) mass is 286 g/mol. The van der Waals surface area contributed by atoms with Gasteiger partial charge in [-0.15, -0.1) is 0 Å². The van der Waals surface area contributed by atoms with Crippen LogP contribution in [0.1, 0.15) is 16.7 Å². The van der Waals surface area contributed by atoms with Crippen molar-refractivity contribution in [3.8, 4) is 5.75 Å². The lowest BCUT2D eigenvalue weighted by Crippen LogP contribution is -2.40. The molecule has 4 nitrogen and oxygen atoms in total. The van der Waals surface area contributed by atoms with Crippen LogP contribution in [0.15, 0.2) is 41.4 Å². The van der Waals surface area contributed by atoms with Crippen LogP contribution in [0.3, 0.4) is 0 Å². The van der Waals surface area contributed by atoms with E-state index in [9.17, 15) is 9.50 Å². The lowest BCUT2D eigenvalue weighted by atomic mass is 9.85. The summed E-state index contributed by atoms with van der Waals surface area (Å²) in [5, 5.41) is 11.1. The van der Waals surface area contributed by atoms with E-state index in [1.807, 2.05) is 13.0 Å². The van der Waals surface area contributed by atoms with Gasteiger partial charge in [-0.25, -0.2) is 9.38 Å². The third kappa shape index (κ3) is 1.89.